The normalized spacial score (nSPS) is 13.9. The van der Waals surface area contributed by atoms with E-state index in [2.05, 4.69) is 17.2 Å². The van der Waals surface area contributed by atoms with Crippen LogP contribution in [-0.2, 0) is 0 Å². The van der Waals surface area contributed by atoms with Gasteiger partial charge in [-0.3, -0.25) is 4.79 Å². The van der Waals surface area contributed by atoms with Crippen molar-refractivity contribution in [2.75, 3.05) is 12.4 Å². The molecule has 0 bridgehead atoms. The van der Waals surface area contributed by atoms with Crippen LogP contribution in [0.2, 0.25) is 5.02 Å². The molecule has 34 heavy (non-hydrogen) atoms. The quantitative estimate of drug-likeness (QED) is 0.178. The van der Waals surface area contributed by atoms with Crippen LogP contribution in [-0.4, -0.2) is 56.2 Å². The largest absolute Gasteiger partial charge is 0.402 e. The Kier molecular flexibility index (Phi) is 8.43. The molecular formula is C23H29ClFN3O6. The number of hydrogen-bond acceptors (Lipinski definition) is 9. The summed E-state index contributed by atoms with van der Waals surface area (Å²) in [6, 6.07) is 4.06. The zero-order valence-electron chi connectivity index (χ0n) is 18.9. The first-order valence-electron chi connectivity index (χ1n) is 10.2. The van der Waals surface area contributed by atoms with Crippen LogP contribution in [0.15, 0.2) is 42.6 Å². The third-order valence-electron chi connectivity index (χ3n) is 5.33. The minimum Gasteiger partial charge on any atom is -0.402 e. The first-order valence-corrected chi connectivity index (χ1v) is 10.6. The summed E-state index contributed by atoms with van der Waals surface area (Å²) in [7, 11) is 1.71. The van der Waals surface area contributed by atoms with Crippen LogP contribution < -0.4 is 16.4 Å². The van der Waals surface area contributed by atoms with Gasteiger partial charge in [-0.15, -0.1) is 0 Å². The van der Waals surface area contributed by atoms with E-state index < -0.39 is 46.6 Å². The second-order valence-corrected chi connectivity index (χ2v) is 8.57. The lowest BCUT2D eigenvalue weighted by molar-refractivity contribution is -0.454. The molecule has 11 heteroatoms. The van der Waals surface area contributed by atoms with Gasteiger partial charge in [-0.25, -0.2) is 4.39 Å². The minimum absolute atomic E-state index is 0.0833. The van der Waals surface area contributed by atoms with Gasteiger partial charge in [0.05, 0.1) is 16.6 Å². The number of nitrogens with two attached hydrogens (primary N) is 1. The van der Waals surface area contributed by atoms with Crippen LogP contribution in [0, 0.1) is 12.7 Å². The standard InChI is InChI=1S/C23H29ClFN3O6/c1-11-9-14(5-8-17(11)27-4)20(29)18-16(24)7-6-15(19(18)25)21(22(30,31)23(32,33)34)28-13(3)10-12(2)26/h5-9,13,21,27-28,30-34H,2,10,26H2,1,3-4H3. The maximum Gasteiger partial charge on any atom is 0.334 e. The molecule has 0 saturated carbocycles. The van der Waals surface area contributed by atoms with Crippen molar-refractivity contribution in [3.63, 3.8) is 0 Å². The Bertz CT molecular complexity index is 1090. The van der Waals surface area contributed by atoms with Crippen molar-refractivity contribution >= 4 is 23.1 Å². The first-order chi connectivity index (χ1) is 15.6. The highest BCUT2D eigenvalue weighted by Crippen LogP contribution is 2.36. The molecule has 0 aromatic heterocycles. The highest BCUT2D eigenvalue weighted by Gasteiger charge is 2.54. The number of halogens is 2. The third-order valence-corrected chi connectivity index (χ3v) is 5.65. The molecule has 2 unspecified atom stereocenters. The van der Waals surface area contributed by atoms with Gasteiger partial charge in [0, 0.05) is 42.0 Å². The van der Waals surface area contributed by atoms with Gasteiger partial charge in [-0.2, -0.15) is 0 Å². The van der Waals surface area contributed by atoms with Crippen molar-refractivity contribution in [2.45, 2.75) is 44.1 Å². The molecule has 2 atom stereocenters. The van der Waals surface area contributed by atoms with Crippen LogP contribution in [0.1, 0.15) is 46.4 Å². The zero-order valence-corrected chi connectivity index (χ0v) is 19.7. The lowest BCUT2D eigenvalue weighted by atomic mass is 9.91. The summed E-state index contributed by atoms with van der Waals surface area (Å²) in [5.41, 5.74) is 6.21. The van der Waals surface area contributed by atoms with Gasteiger partial charge < -0.3 is 41.9 Å². The fourth-order valence-corrected chi connectivity index (χ4v) is 3.81. The molecule has 9 nitrogen and oxygen atoms in total. The van der Waals surface area contributed by atoms with Gasteiger partial charge in [0.2, 0.25) is 0 Å². The predicted molar refractivity (Wildman–Crippen MR) is 125 cm³/mol. The van der Waals surface area contributed by atoms with Crippen molar-refractivity contribution in [1.29, 1.82) is 0 Å². The molecule has 9 N–H and O–H groups in total. The number of anilines is 1. The van der Waals surface area contributed by atoms with E-state index in [4.69, 9.17) is 17.3 Å². The Morgan fingerprint density at radius 3 is 2.32 bits per heavy atom. The summed E-state index contributed by atoms with van der Waals surface area (Å²) >= 11 is 6.13. The van der Waals surface area contributed by atoms with E-state index in [0.29, 0.717) is 5.56 Å². The molecule has 0 aliphatic heterocycles. The van der Waals surface area contributed by atoms with Gasteiger partial charge in [-0.1, -0.05) is 24.2 Å². The van der Waals surface area contributed by atoms with E-state index >= 15 is 4.39 Å². The van der Waals surface area contributed by atoms with Crippen LogP contribution in [0.25, 0.3) is 0 Å². The van der Waals surface area contributed by atoms with E-state index in [1.54, 1.807) is 20.0 Å². The van der Waals surface area contributed by atoms with E-state index in [1.807, 2.05) is 0 Å². The van der Waals surface area contributed by atoms with Crippen molar-refractivity contribution in [1.82, 2.24) is 5.32 Å². The number of aliphatic hydroxyl groups is 5. The average Bonchev–Trinajstić information content (AvgIpc) is 2.71. The lowest BCUT2D eigenvalue weighted by Gasteiger charge is -2.39. The number of hydrogen-bond donors (Lipinski definition) is 8. The van der Waals surface area contributed by atoms with E-state index in [0.717, 1.165) is 17.8 Å². The Morgan fingerprint density at radius 1 is 1.21 bits per heavy atom. The van der Waals surface area contributed by atoms with Crippen molar-refractivity contribution < 1.29 is 34.7 Å². The van der Waals surface area contributed by atoms with Crippen molar-refractivity contribution in [3.05, 3.63) is 75.7 Å². The third kappa shape index (κ3) is 5.73. The Hall–Kier alpha value is -2.57. The molecule has 0 saturated heterocycles. The Labute approximate surface area is 201 Å². The second-order valence-electron chi connectivity index (χ2n) is 8.16. The number of aryl methyl sites for hydroxylation is 1. The first kappa shape index (κ1) is 27.7. The van der Waals surface area contributed by atoms with Gasteiger partial charge in [-0.05, 0) is 43.7 Å². The molecule has 2 rings (SSSR count). The van der Waals surface area contributed by atoms with E-state index in [1.165, 1.54) is 19.1 Å². The van der Waals surface area contributed by atoms with E-state index in [-0.39, 0.29) is 22.7 Å². The van der Waals surface area contributed by atoms with Crippen LogP contribution in [0.5, 0.6) is 0 Å². The summed E-state index contributed by atoms with van der Waals surface area (Å²) < 4.78 is 15.7. The number of ketones is 1. The summed E-state index contributed by atoms with van der Waals surface area (Å²) in [5, 5.41) is 54.7. The minimum atomic E-state index is -4.07. The molecule has 0 fully saturated rings. The number of carbonyl (C=O) groups is 1. The van der Waals surface area contributed by atoms with Crippen LogP contribution in [0.3, 0.4) is 0 Å². The van der Waals surface area contributed by atoms with Gasteiger partial charge in [0.1, 0.15) is 5.82 Å². The summed E-state index contributed by atoms with van der Waals surface area (Å²) in [4.78, 5) is 13.2. The van der Waals surface area contributed by atoms with Gasteiger partial charge >= 0.3 is 5.97 Å². The SMILES string of the molecule is C=C(N)CC(C)NC(c1ccc(Cl)c(C(=O)c2ccc(NC)c(C)c2)c1F)C(O)(O)C(O)(O)O. The number of carbonyl (C=O) groups excluding carboxylic acids is 1. The smallest absolute Gasteiger partial charge is 0.334 e. The fourth-order valence-electron chi connectivity index (χ4n) is 3.58. The molecule has 0 aliphatic rings. The molecule has 186 valence electrons. The van der Waals surface area contributed by atoms with Crippen molar-refractivity contribution in [2.24, 2.45) is 5.73 Å². The summed E-state index contributed by atoms with van der Waals surface area (Å²) in [6.07, 6.45) is 0.0833. The molecule has 0 aliphatic carbocycles. The van der Waals surface area contributed by atoms with E-state index in [9.17, 15) is 30.3 Å². The molecule has 0 amide bonds. The molecule has 2 aromatic rings. The fraction of sp³-hybridized carbons (Fsp3) is 0.348. The Balaban J connectivity index is 2.65. The molecule has 0 radical (unpaired) electrons. The maximum absolute atomic E-state index is 15.7. The molecule has 0 heterocycles. The monoisotopic (exact) mass is 497 g/mol. The number of rotatable bonds is 10. The van der Waals surface area contributed by atoms with Crippen molar-refractivity contribution in [3.8, 4) is 0 Å². The maximum atomic E-state index is 15.7. The molecular weight excluding hydrogens is 469 g/mol. The Morgan fingerprint density at radius 2 is 1.82 bits per heavy atom. The molecule has 0 spiro atoms. The van der Waals surface area contributed by atoms with Gasteiger partial charge in [0.15, 0.2) is 5.78 Å². The number of benzene rings is 2. The predicted octanol–water partition coefficient (Wildman–Crippen LogP) is 1.25. The zero-order chi connectivity index (χ0) is 26.0. The highest BCUT2D eigenvalue weighted by atomic mass is 35.5. The summed E-state index contributed by atoms with van der Waals surface area (Å²) in [6.45, 7) is 6.81. The molecule has 2 aromatic carbocycles. The average molecular weight is 498 g/mol. The van der Waals surface area contributed by atoms with Crippen LogP contribution >= 0.6 is 11.6 Å². The second kappa shape index (κ2) is 10.4. The van der Waals surface area contributed by atoms with Crippen LogP contribution in [0.4, 0.5) is 10.1 Å². The topological polar surface area (TPSA) is 168 Å². The highest BCUT2D eigenvalue weighted by molar-refractivity contribution is 6.35. The number of nitrogens with one attached hydrogen (secondary N) is 2. The van der Waals surface area contributed by atoms with Gasteiger partial charge in [0.25, 0.3) is 5.79 Å². The lowest BCUT2D eigenvalue weighted by Crippen LogP contribution is -2.62. The summed E-state index contributed by atoms with van der Waals surface area (Å²) in [5.74, 6) is -9.83.